The molecule has 0 atom stereocenters. The number of nitrogens with one attached hydrogen (secondary N) is 2. The first kappa shape index (κ1) is 23.7. The van der Waals surface area contributed by atoms with Gasteiger partial charge in [-0.3, -0.25) is 4.79 Å². The quantitative estimate of drug-likeness (QED) is 0.345. The van der Waals surface area contributed by atoms with Crippen LogP contribution in [0.3, 0.4) is 0 Å². The summed E-state index contributed by atoms with van der Waals surface area (Å²) < 4.78 is 40.1. The van der Waals surface area contributed by atoms with Gasteiger partial charge in [0.25, 0.3) is 5.91 Å². The van der Waals surface area contributed by atoms with E-state index in [-0.39, 0.29) is 12.1 Å². The molecular weight excluding hydrogens is 469 g/mol. The fourth-order valence-corrected chi connectivity index (χ4v) is 5.21. The predicted octanol–water partition coefficient (Wildman–Crippen LogP) is 5.67. The van der Waals surface area contributed by atoms with Crippen LogP contribution < -0.4 is 10.6 Å². The van der Waals surface area contributed by atoms with Crippen molar-refractivity contribution in [1.29, 1.82) is 0 Å². The maximum Gasteiger partial charge on any atom is 0.251 e. The summed E-state index contributed by atoms with van der Waals surface area (Å²) in [4.78, 5) is 13.5. The third-order valence-corrected chi connectivity index (χ3v) is 7.25. The van der Waals surface area contributed by atoms with Crippen LogP contribution in [0.25, 0.3) is 0 Å². The number of hydrogen-bond acceptors (Lipinski definition) is 3. The first-order valence-corrected chi connectivity index (χ1v) is 11.9. The van der Waals surface area contributed by atoms with Crippen LogP contribution in [-0.4, -0.2) is 19.0 Å². The Kier molecular flexibility index (Phi) is 7.63. The van der Waals surface area contributed by atoms with Gasteiger partial charge in [-0.05, 0) is 66.9 Å². The molecule has 4 rings (SSSR count). The Bertz CT molecular complexity index is 1170. The minimum atomic E-state index is -1.55. The molecule has 0 fully saturated rings. The minimum Gasteiger partial charge on any atom is -0.348 e. The second-order valence-corrected chi connectivity index (χ2v) is 9.16. The van der Waals surface area contributed by atoms with Gasteiger partial charge >= 0.3 is 0 Å². The summed E-state index contributed by atoms with van der Waals surface area (Å²) in [6.07, 6.45) is 1.92. The molecule has 1 amide bonds. The fourth-order valence-electron chi connectivity index (χ4n) is 3.75. The molecule has 0 aromatic heterocycles. The summed E-state index contributed by atoms with van der Waals surface area (Å²) in [6.45, 7) is 1.65. The molecular formula is C25H22ClF3N2OS. The number of benzene rings is 3. The summed E-state index contributed by atoms with van der Waals surface area (Å²) in [6, 6.07) is 13.1. The second-order valence-electron chi connectivity index (χ2n) is 7.77. The number of halogens is 4. The van der Waals surface area contributed by atoms with E-state index in [1.54, 1.807) is 23.9 Å². The Hall–Kier alpha value is -2.48. The third kappa shape index (κ3) is 5.54. The van der Waals surface area contributed by atoms with Crippen molar-refractivity contribution in [2.24, 2.45) is 0 Å². The van der Waals surface area contributed by atoms with Gasteiger partial charge < -0.3 is 10.6 Å². The number of carbonyl (C=O) groups is 1. The van der Waals surface area contributed by atoms with Crippen LogP contribution in [0, 0.1) is 17.5 Å². The van der Waals surface area contributed by atoms with Crippen LogP contribution in [0.5, 0.6) is 0 Å². The molecule has 172 valence electrons. The van der Waals surface area contributed by atoms with Crippen molar-refractivity contribution in [2.75, 3.05) is 13.1 Å². The van der Waals surface area contributed by atoms with E-state index in [1.165, 1.54) is 11.1 Å². The average molecular weight is 491 g/mol. The van der Waals surface area contributed by atoms with Crippen molar-refractivity contribution >= 4 is 29.3 Å². The van der Waals surface area contributed by atoms with Crippen LogP contribution in [-0.2, 0) is 25.1 Å². The van der Waals surface area contributed by atoms with Crippen molar-refractivity contribution in [3.63, 3.8) is 0 Å². The summed E-state index contributed by atoms with van der Waals surface area (Å²) in [5.74, 6) is -3.83. The highest BCUT2D eigenvalue weighted by molar-refractivity contribution is 7.98. The minimum absolute atomic E-state index is 0.121. The van der Waals surface area contributed by atoms with Crippen molar-refractivity contribution in [2.45, 2.75) is 30.0 Å². The van der Waals surface area contributed by atoms with Crippen molar-refractivity contribution in [3.05, 3.63) is 98.8 Å². The zero-order valence-corrected chi connectivity index (χ0v) is 19.3. The Morgan fingerprint density at radius 3 is 2.52 bits per heavy atom. The summed E-state index contributed by atoms with van der Waals surface area (Å²) in [7, 11) is 0. The van der Waals surface area contributed by atoms with Gasteiger partial charge in [-0.25, -0.2) is 13.2 Å². The van der Waals surface area contributed by atoms with Crippen LogP contribution in [0.4, 0.5) is 13.2 Å². The summed E-state index contributed by atoms with van der Waals surface area (Å²) in [5, 5.41) is 6.70. The molecule has 0 radical (unpaired) electrons. The number of rotatable bonds is 6. The van der Waals surface area contributed by atoms with Crippen molar-refractivity contribution in [3.8, 4) is 0 Å². The number of thioether (sulfide) groups is 1. The van der Waals surface area contributed by atoms with Crippen LogP contribution in [0.2, 0.25) is 5.02 Å². The molecule has 2 N–H and O–H groups in total. The third-order valence-electron chi connectivity index (χ3n) is 5.59. The summed E-state index contributed by atoms with van der Waals surface area (Å²) in [5.41, 5.74) is 3.94. The second kappa shape index (κ2) is 10.6. The highest BCUT2D eigenvalue weighted by Crippen LogP contribution is 2.36. The molecule has 0 unspecified atom stereocenters. The molecule has 1 aliphatic rings. The maximum absolute atomic E-state index is 13.8. The molecule has 1 heterocycles. The molecule has 1 aliphatic heterocycles. The van der Waals surface area contributed by atoms with E-state index < -0.39 is 23.4 Å². The monoisotopic (exact) mass is 490 g/mol. The Balaban J connectivity index is 1.38. The highest BCUT2D eigenvalue weighted by Gasteiger charge is 2.16. The van der Waals surface area contributed by atoms with Gasteiger partial charge in [0.1, 0.15) is 0 Å². The van der Waals surface area contributed by atoms with E-state index in [1.807, 2.05) is 18.2 Å². The molecule has 0 saturated carbocycles. The zero-order chi connectivity index (χ0) is 23.4. The van der Waals surface area contributed by atoms with Gasteiger partial charge in [0, 0.05) is 28.3 Å². The van der Waals surface area contributed by atoms with E-state index >= 15 is 0 Å². The molecule has 0 bridgehead atoms. The van der Waals surface area contributed by atoms with Crippen LogP contribution in [0.1, 0.15) is 32.6 Å². The largest absolute Gasteiger partial charge is 0.348 e. The normalized spacial score (nSPS) is 13.3. The lowest BCUT2D eigenvalue weighted by Crippen LogP contribution is -2.23. The van der Waals surface area contributed by atoms with Crippen LogP contribution in [0.15, 0.2) is 53.4 Å². The van der Waals surface area contributed by atoms with Gasteiger partial charge in [0.05, 0.1) is 5.02 Å². The Morgan fingerprint density at radius 1 is 0.970 bits per heavy atom. The molecule has 0 saturated heterocycles. The first-order chi connectivity index (χ1) is 15.9. The topological polar surface area (TPSA) is 41.1 Å². The molecule has 33 heavy (non-hydrogen) atoms. The number of amides is 1. The Labute approximate surface area is 199 Å². The van der Waals surface area contributed by atoms with E-state index in [9.17, 15) is 18.0 Å². The van der Waals surface area contributed by atoms with Gasteiger partial charge in [0.15, 0.2) is 17.5 Å². The molecule has 3 aromatic carbocycles. The lowest BCUT2D eigenvalue weighted by molar-refractivity contribution is 0.0950. The number of fused-ring (bicyclic) bond motifs is 1. The average Bonchev–Trinajstić information content (AvgIpc) is 3.07. The van der Waals surface area contributed by atoms with Crippen LogP contribution >= 0.6 is 23.4 Å². The lowest BCUT2D eigenvalue weighted by atomic mass is 10.0. The van der Waals surface area contributed by atoms with Gasteiger partial charge in [0.2, 0.25) is 0 Å². The standard InChI is InChI=1S/C25H22ClF3N2OS/c26-20-7-5-16-9-11-30-12-10-19(16)24(20)33-14-15-1-3-17(4-2-15)25(32)31-13-18-6-8-21(27)23(29)22(18)28/h1-8,30H,9-14H2,(H,31,32). The predicted molar refractivity (Wildman–Crippen MR) is 125 cm³/mol. The van der Waals surface area contributed by atoms with E-state index in [2.05, 4.69) is 16.7 Å². The molecule has 3 aromatic rings. The fraction of sp³-hybridized carbons (Fsp3) is 0.240. The van der Waals surface area contributed by atoms with E-state index in [0.717, 1.165) is 53.5 Å². The smallest absolute Gasteiger partial charge is 0.251 e. The molecule has 3 nitrogen and oxygen atoms in total. The molecule has 0 aliphatic carbocycles. The van der Waals surface area contributed by atoms with Gasteiger partial charge in [-0.1, -0.05) is 35.9 Å². The zero-order valence-electron chi connectivity index (χ0n) is 17.7. The molecule has 8 heteroatoms. The van der Waals surface area contributed by atoms with Gasteiger partial charge in [-0.15, -0.1) is 11.8 Å². The SMILES string of the molecule is O=C(NCc1ccc(F)c(F)c1F)c1ccc(CSc2c(Cl)ccc3c2CCNCC3)cc1. The highest BCUT2D eigenvalue weighted by atomic mass is 35.5. The van der Waals surface area contributed by atoms with E-state index in [4.69, 9.17) is 11.6 Å². The summed E-state index contributed by atoms with van der Waals surface area (Å²) >= 11 is 8.18. The molecule has 0 spiro atoms. The van der Waals surface area contributed by atoms with Gasteiger partial charge in [-0.2, -0.15) is 0 Å². The first-order valence-electron chi connectivity index (χ1n) is 10.6. The van der Waals surface area contributed by atoms with Crippen molar-refractivity contribution < 1.29 is 18.0 Å². The lowest BCUT2D eigenvalue weighted by Gasteiger charge is -2.14. The number of hydrogen-bond donors (Lipinski definition) is 2. The Morgan fingerprint density at radius 2 is 1.73 bits per heavy atom. The number of carbonyl (C=O) groups excluding carboxylic acids is 1. The van der Waals surface area contributed by atoms with Crippen molar-refractivity contribution in [1.82, 2.24) is 10.6 Å². The maximum atomic E-state index is 13.8. The van der Waals surface area contributed by atoms with E-state index in [0.29, 0.717) is 11.3 Å².